The Balaban J connectivity index is 1.56. The number of nitrogens with one attached hydrogen (secondary N) is 3. The SMILES string of the molecule is CC(=O)Nc1ccc(-c2csc3nc(NS(=O)(=O)c4ccc(NC(C)=O)cc4)nn23)cc1. The Bertz CT molecular complexity index is 1410. The molecule has 0 fully saturated rings. The van der Waals surface area contributed by atoms with Crippen LogP contribution in [0.25, 0.3) is 16.2 Å². The zero-order valence-corrected chi connectivity index (χ0v) is 18.6. The van der Waals surface area contributed by atoms with Crippen molar-refractivity contribution in [3.8, 4) is 11.3 Å². The van der Waals surface area contributed by atoms with Crippen LogP contribution in [0.2, 0.25) is 0 Å². The van der Waals surface area contributed by atoms with Crippen LogP contribution in [0.15, 0.2) is 58.8 Å². The Labute approximate surface area is 187 Å². The Morgan fingerprint density at radius 2 is 1.47 bits per heavy atom. The number of amides is 2. The van der Waals surface area contributed by atoms with Crippen LogP contribution in [0.1, 0.15) is 13.8 Å². The maximum atomic E-state index is 12.7. The third-order valence-corrected chi connectivity index (χ3v) is 6.45. The molecule has 2 heterocycles. The summed E-state index contributed by atoms with van der Waals surface area (Å²) in [4.78, 5) is 27.1. The summed E-state index contributed by atoms with van der Waals surface area (Å²) in [6.07, 6.45) is 0. The number of hydrogen-bond donors (Lipinski definition) is 3. The molecule has 0 bridgehead atoms. The number of benzene rings is 2. The second kappa shape index (κ2) is 8.40. The molecule has 4 aromatic rings. The molecule has 0 unspecified atom stereocenters. The summed E-state index contributed by atoms with van der Waals surface area (Å²) in [5, 5.41) is 11.4. The van der Waals surface area contributed by atoms with E-state index in [1.807, 2.05) is 17.5 Å². The molecule has 0 spiro atoms. The molecule has 0 aliphatic rings. The molecule has 0 saturated heterocycles. The van der Waals surface area contributed by atoms with Gasteiger partial charge in [-0.25, -0.2) is 17.7 Å². The van der Waals surface area contributed by atoms with Gasteiger partial charge in [0.25, 0.3) is 16.0 Å². The van der Waals surface area contributed by atoms with E-state index >= 15 is 0 Å². The Kier molecular flexibility index (Phi) is 5.63. The predicted octanol–water partition coefficient (Wildman–Crippen LogP) is 3.18. The largest absolute Gasteiger partial charge is 0.326 e. The molecule has 0 aliphatic carbocycles. The molecule has 2 amide bonds. The number of aromatic nitrogens is 3. The Morgan fingerprint density at radius 3 is 2.03 bits per heavy atom. The third kappa shape index (κ3) is 4.60. The van der Waals surface area contributed by atoms with Gasteiger partial charge in [0, 0.05) is 36.2 Å². The summed E-state index contributed by atoms with van der Waals surface area (Å²) in [6, 6.07) is 13.0. The first kappa shape index (κ1) is 21.5. The van der Waals surface area contributed by atoms with Crippen molar-refractivity contribution >= 4 is 55.5 Å². The molecule has 0 saturated carbocycles. The number of hydrogen-bond acceptors (Lipinski definition) is 7. The van der Waals surface area contributed by atoms with Gasteiger partial charge in [-0.1, -0.05) is 12.1 Å². The lowest BCUT2D eigenvalue weighted by Crippen LogP contribution is -2.14. The minimum atomic E-state index is -3.92. The number of thiazole rings is 1. The summed E-state index contributed by atoms with van der Waals surface area (Å²) in [5.41, 5.74) is 2.73. The van der Waals surface area contributed by atoms with Crippen molar-refractivity contribution in [2.75, 3.05) is 15.4 Å². The molecular weight excluding hydrogens is 452 g/mol. The summed E-state index contributed by atoms with van der Waals surface area (Å²) in [6.45, 7) is 2.81. The zero-order chi connectivity index (χ0) is 22.9. The lowest BCUT2D eigenvalue weighted by atomic mass is 10.1. The van der Waals surface area contributed by atoms with Crippen molar-refractivity contribution in [2.45, 2.75) is 18.7 Å². The minimum Gasteiger partial charge on any atom is -0.326 e. The van der Waals surface area contributed by atoms with Crippen LogP contribution in [0.3, 0.4) is 0 Å². The van der Waals surface area contributed by atoms with Gasteiger partial charge < -0.3 is 10.6 Å². The molecule has 2 aromatic heterocycles. The summed E-state index contributed by atoms with van der Waals surface area (Å²) in [5.74, 6) is -0.464. The molecule has 10 nitrogen and oxygen atoms in total. The van der Waals surface area contributed by atoms with Gasteiger partial charge in [0.1, 0.15) is 0 Å². The fourth-order valence-electron chi connectivity index (χ4n) is 2.95. The van der Waals surface area contributed by atoms with Crippen LogP contribution in [-0.4, -0.2) is 34.8 Å². The van der Waals surface area contributed by atoms with E-state index in [2.05, 4.69) is 25.4 Å². The smallest absolute Gasteiger partial charge is 0.264 e. The van der Waals surface area contributed by atoms with Crippen LogP contribution in [0.5, 0.6) is 0 Å². The van der Waals surface area contributed by atoms with E-state index in [4.69, 9.17) is 0 Å². The first-order chi connectivity index (χ1) is 15.2. The number of sulfonamides is 1. The first-order valence-electron chi connectivity index (χ1n) is 9.34. The van der Waals surface area contributed by atoms with E-state index < -0.39 is 10.0 Å². The van der Waals surface area contributed by atoms with E-state index in [0.717, 1.165) is 11.3 Å². The maximum absolute atomic E-state index is 12.7. The van der Waals surface area contributed by atoms with Crippen LogP contribution in [-0.2, 0) is 19.6 Å². The number of rotatable bonds is 6. The monoisotopic (exact) mass is 470 g/mol. The Hall–Kier alpha value is -3.77. The lowest BCUT2D eigenvalue weighted by Gasteiger charge is -2.06. The molecule has 2 aromatic carbocycles. The van der Waals surface area contributed by atoms with E-state index in [-0.39, 0.29) is 22.7 Å². The standard InChI is InChI=1S/C20H18N6O4S2/c1-12(27)21-15-5-3-14(4-6-15)18-11-31-20-23-19(24-26(18)20)25-32(29,30)17-9-7-16(8-10-17)22-13(2)28/h3-11H,1-2H3,(H,21,27)(H,22,28)(H,24,25). The minimum absolute atomic E-state index is 0.0125. The molecule has 0 atom stereocenters. The molecule has 164 valence electrons. The van der Waals surface area contributed by atoms with Gasteiger partial charge in [0.2, 0.25) is 16.8 Å². The highest BCUT2D eigenvalue weighted by molar-refractivity contribution is 7.92. The van der Waals surface area contributed by atoms with E-state index in [1.54, 1.807) is 16.6 Å². The molecule has 3 N–H and O–H groups in total. The number of carbonyl (C=O) groups is 2. The van der Waals surface area contributed by atoms with Gasteiger partial charge >= 0.3 is 0 Å². The number of nitrogens with zero attached hydrogens (tertiary/aromatic N) is 3. The summed E-state index contributed by atoms with van der Waals surface area (Å²) in [7, 11) is -3.92. The predicted molar refractivity (Wildman–Crippen MR) is 122 cm³/mol. The molecule has 0 radical (unpaired) electrons. The van der Waals surface area contributed by atoms with Gasteiger partial charge in [0.05, 0.1) is 10.6 Å². The first-order valence-corrected chi connectivity index (χ1v) is 11.7. The fourth-order valence-corrected chi connectivity index (χ4v) is 4.72. The molecule has 12 heteroatoms. The van der Waals surface area contributed by atoms with E-state index in [9.17, 15) is 18.0 Å². The van der Waals surface area contributed by atoms with Crippen LogP contribution >= 0.6 is 11.3 Å². The fraction of sp³-hybridized carbons (Fsp3) is 0.100. The normalized spacial score (nSPS) is 11.3. The summed E-state index contributed by atoms with van der Waals surface area (Å²) < 4.78 is 29.3. The van der Waals surface area contributed by atoms with Crippen molar-refractivity contribution in [2.24, 2.45) is 0 Å². The molecule has 32 heavy (non-hydrogen) atoms. The van der Waals surface area contributed by atoms with E-state index in [1.165, 1.54) is 49.4 Å². The average Bonchev–Trinajstić information content (AvgIpc) is 3.28. The Morgan fingerprint density at radius 1 is 0.906 bits per heavy atom. The zero-order valence-electron chi connectivity index (χ0n) is 17.0. The van der Waals surface area contributed by atoms with Gasteiger partial charge in [-0.2, -0.15) is 4.98 Å². The van der Waals surface area contributed by atoms with Gasteiger partial charge in [-0.05, 0) is 36.4 Å². The third-order valence-electron chi connectivity index (χ3n) is 4.29. The highest BCUT2D eigenvalue weighted by Gasteiger charge is 2.19. The topological polar surface area (TPSA) is 135 Å². The van der Waals surface area contributed by atoms with Crippen molar-refractivity contribution in [3.63, 3.8) is 0 Å². The van der Waals surface area contributed by atoms with Crippen LogP contribution < -0.4 is 15.4 Å². The van der Waals surface area contributed by atoms with Gasteiger partial charge in [0.15, 0.2) is 0 Å². The van der Waals surface area contributed by atoms with Crippen molar-refractivity contribution < 1.29 is 18.0 Å². The van der Waals surface area contributed by atoms with Gasteiger partial charge in [-0.15, -0.1) is 16.4 Å². The highest BCUT2D eigenvalue weighted by atomic mass is 32.2. The van der Waals surface area contributed by atoms with Crippen LogP contribution in [0, 0.1) is 0 Å². The number of anilines is 3. The summed E-state index contributed by atoms with van der Waals surface area (Å²) >= 11 is 1.32. The van der Waals surface area contributed by atoms with Crippen molar-refractivity contribution in [1.29, 1.82) is 0 Å². The molecule has 4 rings (SSSR count). The quantitative estimate of drug-likeness (QED) is 0.396. The lowest BCUT2D eigenvalue weighted by molar-refractivity contribution is -0.115. The molecule has 0 aliphatic heterocycles. The second-order valence-electron chi connectivity index (χ2n) is 6.82. The number of carbonyl (C=O) groups excluding carboxylic acids is 2. The van der Waals surface area contributed by atoms with Crippen molar-refractivity contribution in [1.82, 2.24) is 14.6 Å². The van der Waals surface area contributed by atoms with Crippen LogP contribution in [0.4, 0.5) is 17.3 Å². The maximum Gasteiger partial charge on any atom is 0.264 e. The second-order valence-corrected chi connectivity index (χ2v) is 9.34. The van der Waals surface area contributed by atoms with Gasteiger partial charge in [-0.3, -0.25) is 9.59 Å². The van der Waals surface area contributed by atoms with Crippen molar-refractivity contribution in [3.05, 3.63) is 53.9 Å². The average molecular weight is 471 g/mol. The number of fused-ring (bicyclic) bond motifs is 1. The highest BCUT2D eigenvalue weighted by Crippen LogP contribution is 2.27. The van der Waals surface area contributed by atoms with E-state index in [0.29, 0.717) is 16.3 Å². The molecular formula is C20H18N6O4S2.